The predicted octanol–water partition coefficient (Wildman–Crippen LogP) is 2.79. The molecule has 11 heteroatoms. The average Bonchev–Trinajstić information content (AvgIpc) is 2.54. The van der Waals surface area contributed by atoms with Gasteiger partial charge in [0.1, 0.15) is 6.54 Å². The zero-order valence-electron chi connectivity index (χ0n) is 13.1. The van der Waals surface area contributed by atoms with Crippen LogP contribution in [0.25, 0.3) is 0 Å². The molecule has 0 atom stereocenters. The van der Waals surface area contributed by atoms with Crippen LogP contribution in [0.4, 0.5) is 33.3 Å². The van der Waals surface area contributed by atoms with Crippen molar-refractivity contribution < 1.29 is 35.2 Å². The molecule has 1 amide bonds. The van der Waals surface area contributed by atoms with Crippen molar-refractivity contribution in [1.29, 1.82) is 0 Å². The van der Waals surface area contributed by atoms with Gasteiger partial charge < -0.3 is 5.32 Å². The van der Waals surface area contributed by atoms with Gasteiger partial charge in [-0.25, -0.2) is 30.4 Å². The first-order valence-electron chi connectivity index (χ1n) is 6.87. The molecular formula is C15H11F5N2O3S. The van der Waals surface area contributed by atoms with Crippen molar-refractivity contribution in [2.45, 2.75) is 0 Å². The lowest BCUT2D eigenvalue weighted by Gasteiger charge is -2.22. The smallest absolute Gasteiger partial charge is 0.245 e. The van der Waals surface area contributed by atoms with Gasteiger partial charge in [-0.3, -0.25) is 9.10 Å². The fourth-order valence-corrected chi connectivity index (χ4v) is 2.84. The van der Waals surface area contributed by atoms with E-state index in [-0.39, 0.29) is 9.99 Å². The number of nitrogens with zero attached hydrogens (tertiary/aromatic N) is 1. The number of hydrogen-bond donors (Lipinski definition) is 1. The van der Waals surface area contributed by atoms with Gasteiger partial charge in [-0.1, -0.05) is 0 Å². The molecule has 0 aliphatic carbocycles. The second-order valence-electron chi connectivity index (χ2n) is 5.14. The quantitative estimate of drug-likeness (QED) is 0.627. The molecule has 0 saturated carbocycles. The second kappa shape index (κ2) is 7.28. The van der Waals surface area contributed by atoms with E-state index in [1.54, 1.807) is 0 Å². The molecule has 0 aromatic heterocycles. The molecule has 2 rings (SSSR count). The van der Waals surface area contributed by atoms with E-state index in [0.717, 1.165) is 12.1 Å². The Bertz CT molecular complexity index is 966. The number of benzene rings is 2. The minimum atomic E-state index is -4.26. The summed E-state index contributed by atoms with van der Waals surface area (Å²) >= 11 is 0. The first kappa shape index (κ1) is 19.6. The largest absolute Gasteiger partial charge is 0.324 e. The Labute approximate surface area is 145 Å². The third-order valence-electron chi connectivity index (χ3n) is 3.17. The first-order valence-corrected chi connectivity index (χ1v) is 8.71. The standard InChI is InChI=1S/C15H11F5N2O3S/c1-26(24,25)22(12-5-4-10(17)14(19)15(12)20)7-13(23)21-8-2-3-9(16)11(18)6-8/h2-6H,7H2,1H3,(H,21,23). The summed E-state index contributed by atoms with van der Waals surface area (Å²) in [5.74, 6) is -8.70. The fourth-order valence-electron chi connectivity index (χ4n) is 1.99. The summed E-state index contributed by atoms with van der Waals surface area (Å²) in [5, 5.41) is 2.09. The van der Waals surface area contributed by atoms with E-state index in [9.17, 15) is 35.2 Å². The van der Waals surface area contributed by atoms with Crippen molar-refractivity contribution >= 4 is 27.3 Å². The third kappa shape index (κ3) is 4.28. The molecule has 0 fully saturated rings. The summed E-state index contributed by atoms with van der Waals surface area (Å²) < 4.78 is 90.1. The Hall–Kier alpha value is -2.69. The summed E-state index contributed by atoms with van der Waals surface area (Å²) in [6.45, 7) is -1.01. The van der Waals surface area contributed by atoms with Crippen LogP contribution in [-0.4, -0.2) is 27.1 Å². The Kier molecular flexibility index (Phi) is 5.50. The normalized spacial score (nSPS) is 11.3. The Morgan fingerprint density at radius 3 is 2.15 bits per heavy atom. The summed E-state index contributed by atoms with van der Waals surface area (Å²) in [6, 6.07) is 3.54. The van der Waals surface area contributed by atoms with Gasteiger partial charge >= 0.3 is 0 Å². The van der Waals surface area contributed by atoms with Gasteiger partial charge in [-0.15, -0.1) is 0 Å². The number of hydrogen-bond acceptors (Lipinski definition) is 3. The molecule has 1 N–H and O–H groups in total. The lowest BCUT2D eigenvalue weighted by atomic mass is 10.2. The highest BCUT2D eigenvalue weighted by molar-refractivity contribution is 7.92. The van der Waals surface area contributed by atoms with Crippen molar-refractivity contribution in [1.82, 2.24) is 0 Å². The maximum atomic E-state index is 13.9. The van der Waals surface area contributed by atoms with E-state index in [1.807, 2.05) is 0 Å². The molecule has 0 heterocycles. The summed E-state index contributed by atoms with van der Waals surface area (Å²) in [5.41, 5.74) is -1.07. The van der Waals surface area contributed by atoms with Crippen LogP contribution >= 0.6 is 0 Å². The van der Waals surface area contributed by atoms with Crippen molar-refractivity contribution in [3.8, 4) is 0 Å². The molecule has 0 aliphatic rings. The molecule has 2 aromatic rings. The van der Waals surface area contributed by atoms with Crippen molar-refractivity contribution in [3.63, 3.8) is 0 Å². The molecule has 0 spiro atoms. The molecule has 0 radical (unpaired) electrons. The van der Waals surface area contributed by atoms with Crippen LogP contribution < -0.4 is 9.62 Å². The van der Waals surface area contributed by atoms with Gasteiger partial charge in [0.05, 0.1) is 11.9 Å². The average molecular weight is 394 g/mol. The molecule has 26 heavy (non-hydrogen) atoms. The van der Waals surface area contributed by atoms with Crippen molar-refractivity contribution in [2.75, 3.05) is 22.4 Å². The number of sulfonamides is 1. The zero-order chi connectivity index (χ0) is 19.6. The van der Waals surface area contributed by atoms with Crippen LogP contribution in [0, 0.1) is 29.1 Å². The number of nitrogens with one attached hydrogen (secondary N) is 1. The molecule has 0 saturated heterocycles. The third-order valence-corrected chi connectivity index (χ3v) is 4.30. The monoisotopic (exact) mass is 394 g/mol. The Morgan fingerprint density at radius 1 is 0.962 bits per heavy atom. The molecule has 0 bridgehead atoms. The van der Waals surface area contributed by atoms with E-state index in [4.69, 9.17) is 0 Å². The van der Waals surface area contributed by atoms with Gasteiger partial charge in [0.15, 0.2) is 29.1 Å². The minimum absolute atomic E-state index is 0.187. The number of rotatable bonds is 5. The van der Waals surface area contributed by atoms with Gasteiger partial charge in [0, 0.05) is 11.8 Å². The van der Waals surface area contributed by atoms with Crippen LogP contribution in [0.15, 0.2) is 30.3 Å². The predicted molar refractivity (Wildman–Crippen MR) is 83.5 cm³/mol. The SMILES string of the molecule is CS(=O)(=O)N(CC(=O)Nc1ccc(F)c(F)c1)c1ccc(F)c(F)c1F. The maximum absolute atomic E-state index is 13.9. The van der Waals surface area contributed by atoms with E-state index >= 15 is 0 Å². The lowest BCUT2D eigenvalue weighted by molar-refractivity contribution is -0.114. The van der Waals surface area contributed by atoms with E-state index in [1.165, 1.54) is 0 Å². The Morgan fingerprint density at radius 2 is 1.58 bits per heavy atom. The zero-order valence-corrected chi connectivity index (χ0v) is 13.9. The van der Waals surface area contributed by atoms with Gasteiger partial charge in [0.25, 0.3) is 0 Å². The van der Waals surface area contributed by atoms with E-state index in [0.29, 0.717) is 24.5 Å². The molecule has 0 unspecified atom stereocenters. The van der Waals surface area contributed by atoms with Gasteiger partial charge in [-0.2, -0.15) is 0 Å². The van der Waals surface area contributed by atoms with Crippen LogP contribution in [0.1, 0.15) is 0 Å². The molecular weight excluding hydrogens is 383 g/mol. The van der Waals surface area contributed by atoms with Gasteiger partial charge in [0.2, 0.25) is 15.9 Å². The highest BCUT2D eigenvalue weighted by atomic mass is 32.2. The highest BCUT2D eigenvalue weighted by Crippen LogP contribution is 2.25. The topological polar surface area (TPSA) is 66.5 Å². The van der Waals surface area contributed by atoms with E-state index < -0.39 is 57.2 Å². The summed E-state index contributed by atoms with van der Waals surface area (Å²) in [6.07, 6.45) is 0.624. The summed E-state index contributed by atoms with van der Waals surface area (Å²) in [7, 11) is -4.26. The molecule has 0 aliphatic heterocycles. The highest BCUT2D eigenvalue weighted by Gasteiger charge is 2.26. The van der Waals surface area contributed by atoms with Crippen LogP contribution in [0.3, 0.4) is 0 Å². The first-order chi connectivity index (χ1) is 12.0. The number of halogens is 5. The molecule has 5 nitrogen and oxygen atoms in total. The lowest BCUT2D eigenvalue weighted by Crippen LogP contribution is -2.38. The summed E-state index contributed by atoms with van der Waals surface area (Å²) in [4.78, 5) is 12.0. The molecule has 2 aromatic carbocycles. The van der Waals surface area contributed by atoms with E-state index in [2.05, 4.69) is 5.32 Å². The van der Waals surface area contributed by atoms with Gasteiger partial charge in [-0.05, 0) is 24.3 Å². The number of carbonyl (C=O) groups is 1. The number of carbonyl (C=O) groups excluding carboxylic acids is 1. The van der Waals surface area contributed by atoms with Crippen LogP contribution in [0.5, 0.6) is 0 Å². The van der Waals surface area contributed by atoms with Crippen LogP contribution in [-0.2, 0) is 14.8 Å². The van der Waals surface area contributed by atoms with Crippen molar-refractivity contribution in [2.24, 2.45) is 0 Å². The van der Waals surface area contributed by atoms with Crippen molar-refractivity contribution in [3.05, 3.63) is 59.4 Å². The Balaban J connectivity index is 2.30. The fraction of sp³-hybridized carbons (Fsp3) is 0.133. The maximum Gasteiger partial charge on any atom is 0.245 e. The number of anilines is 2. The second-order valence-corrected chi connectivity index (χ2v) is 7.05. The minimum Gasteiger partial charge on any atom is -0.324 e. The number of amides is 1. The van der Waals surface area contributed by atoms with Crippen LogP contribution in [0.2, 0.25) is 0 Å². The molecule has 140 valence electrons.